The molecule has 1 heterocycles. The molecule has 1 aromatic rings. The predicted molar refractivity (Wildman–Crippen MR) is 78.7 cm³/mol. The summed E-state index contributed by atoms with van der Waals surface area (Å²) in [4.78, 5) is 36.9. The van der Waals surface area contributed by atoms with Crippen molar-refractivity contribution in [2.24, 2.45) is 5.92 Å². The van der Waals surface area contributed by atoms with Crippen LogP contribution < -0.4 is 0 Å². The van der Waals surface area contributed by atoms with Crippen molar-refractivity contribution < 1.29 is 24.2 Å². The Morgan fingerprint density at radius 3 is 2.73 bits per heavy atom. The van der Waals surface area contributed by atoms with Crippen molar-refractivity contribution in [3.63, 3.8) is 0 Å². The molecule has 1 N–H and O–H groups in total. The van der Waals surface area contributed by atoms with Crippen molar-refractivity contribution >= 4 is 17.8 Å². The number of esters is 1. The molecule has 22 heavy (non-hydrogen) atoms. The highest BCUT2D eigenvalue weighted by molar-refractivity contribution is 5.97. The second kappa shape index (κ2) is 7.06. The van der Waals surface area contributed by atoms with E-state index >= 15 is 0 Å². The molecule has 1 unspecified atom stereocenters. The van der Waals surface area contributed by atoms with E-state index in [1.54, 1.807) is 24.0 Å². The van der Waals surface area contributed by atoms with Gasteiger partial charge in [-0.15, -0.1) is 0 Å². The Balaban J connectivity index is 2.10. The first kappa shape index (κ1) is 16.0. The molecule has 0 spiro atoms. The van der Waals surface area contributed by atoms with Gasteiger partial charge in [-0.05, 0) is 38.0 Å². The molecule has 1 atom stereocenters. The maximum atomic E-state index is 12.5. The zero-order valence-corrected chi connectivity index (χ0v) is 12.4. The van der Waals surface area contributed by atoms with Gasteiger partial charge in [0.2, 0.25) is 0 Å². The monoisotopic (exact) mass is 305 g/mol. The lowest BCUT2D eigenvalue weighted by Gasteiger charge is -2.31. The van der Waals surface area contributed by atoms with E-state index in [0.717, 1.165) is 6.42 Å². The van der Waals surface area contributed by atoms with Gasteiger partial charge in [-0.25, -0.2) is 4.79 Å². The van der Waals surface area contributed by atoms with Crippen molar-refractivity contribution in [3.8, 4) is 0 Å². The number of aromatic carboxylic acids is 1. The summed E-state index contributed by atoms with van der Waals surface area (Å²) in [7, 11) is 0. The standard InChI is InChI=1S/C16H19NO5/c1-2-22-16(21)13-7-4-8-17(10-13)14(18)11-5-3-6-12(9-11)15(19)20/h3,5-6,9,13H,2,4,7-8,10H2,1H3,(H,19,20). The smallest absolute Gasteiger partial charge is 0.335 e. The van der Waals surface area contributed by atoms with Crippen LogP contribution in [0.15, 0.2) is 24.3 Å². The Morgan fingerprint density at radius 2 is 2.05 bits per heavy atom. The highest BCUT2D eigenvalue weighted by Crippen LogP contribution is 2.20. The zero-order valence-electron chi connectivity index (χ0n) is 12.4. The Hall–Kier alpha value is -2.37. The van der Waals surface area contributed by atoms with Crippen molar-refractivity contribution in [3.05, 3.63) is 35.4 Å². The van der Waals surface area contributed by atoms with E-state index < -0.39 is 5.97 Å². The summed E-state index contributed by atoms with van der Waals surface area (Å²) in [5.74, 6) is -1.91. The lowest BCUT2D eigenvalue weighted by Crippen LogP contribution is -2.42. The quantitative estimate of drug-likeness (QED) is 0.858. The third-order valence-corrected chi connectivity index (χ3v) is 3.69. The first-order valence-corrected chi connectivity index (χ1v) is 7.32. The summed E-state index contributed by atoms with van der Waals surface area (Å²) in [6.07, 6.45) is 1.44. The number of benzene rings is 1. The first-order valence-electron chi connectivity index (χ1n) is 7.32. The number of piperidine rings is 1. The molecule has 1 aliphatic heterocycles. The fraction of sp³-hybridized carbons (Fsp3) is 0.438. The molecule has 2 rings (SSSR count). The van der Waals surface area contributed by atoms with Gasteiger partial charge in [0.1, 0.15) is 0 Å². The lowest BCUT2D eigenvalue weighted by atomic mass is 9.97. The van der Waals surface area contributed by atoms with E-state index in [1.165, 1.54) is 12.1 Å². The molecule has 6 nitrogen and oxygen atoms in total. The van der Waals surface area contributed by atoms with E-state index in [1.807, 2.05) is 0 Å². The number of hydrogen-bond acceptors (Lipinski definition) is 4. The molecular formula is C16H19NO5. The summed E-state index contributed by atoms with van der Waals surface area (Å²) in [6, 6.07) is 5.93. The maximum Gasteiger partial charge on any atom is 0.335 e. The van der Waals surface area contributed by atoms with Crippen molar-refractivity contribution in [1.82, 2.24) is 4.90 Å². The van der Waals surface area contributed by atoms with Gasteiger partial charge in [0.05, 0.1) is 18.1 Å². The van der Waals surface area contributed by atoms with E-state index in [9.17, 15) is 14.4 Å². The van der Waals surface area contributed by atoms with Gasteiger partial charge in [-0.3, -0.25) is 9.59 Å². The molecule has 1 amide bonds. The van der Waals surface area contributed by atoms with Crippen molar-refractivity contribution in [2.75, 3.05) is 19.7 Å². The highest BCUT2D eigenvalue weighted by atomic mass is 16.5. The van der Waals surface area contributed by atoms with Crippen LogP contribution in [0.1, 0.15) is 40.5 Å². The molecule has 1 aromatic carbocycles. The minimum atomic E-state index is -1.07. The number of carboxylic acid groups (broad SMARTS) is 1. The summed E-state index contributed by atoms with van der Waals surface area (Å²) in [5, 5.41) is 8.99. The summed E-state index contributed by atoms with van der Waals surface area (Å²) in [6.45, 7) is 2.95. The molecule has 6 heteroatoms. The number of likely N-dealkylation sites (tertiary alicyclic amines) is 1. The molecule has 1 saturated heterocycles. The van der Waals surface area contributed by atoms with Crippen LogP contribution in [0.3, 0.4) is 0 Å². The largest absolute Gasteiger partial charge is 0.478 e. The fourth-order valence-electron chi connectivity index (χ4n) is 2.58. The average molecular weight is 305 g/mol. The van der Waals surface area contributed by atoms with Gasteiger partial charge >= 0.3 is 11.9 Å². The van der Waals surface area contributed by atoms with E-state index in [0.29, 0.717) is 31.7 Å². The number of carbonyl (C=O) groups is 3. The van der Waals surface area contributed by atoms with Gasteiger partial charge in [0, 0.05) is 18.7 Å². The van der Waals surface area contributed by atoms with E-state index in [2.05, 4.69) is 0 Å². The summed E-state index contributed by atoms with van der Waals surface area (Å²) in [5.41, 5.74) is 0.397. The van der Waals surface area contributed by atoms with Crippen LogP contribution in [0.4, 0.5) is 0 Å². The zero-order chi connectivity index (χ0) is 16.1. The summed E-state index contributed by atoms with van der Waals surface area (Å²) < 4.78 is 5.01. The average Bonchev–Trinajstić information content (AvgIpc) is 2.54. The molecule has 0 bridgehead atoms. The number of amides is 1. The van der Waals surface area contributed by atoms with E-state index in [-0.39, 0.29) is 23.4 Å². The van der Waals surface area contributed by atoms with Gasteiger partial charge < -0.3 is 14.7 Å². The second-order valence-electron chi connectivity index (χ2n) is 5.23. The predicted octanol–water partition coefficient (Wildman–Crippen LogP) is 1.80. The van der Waals surface area contributed by atoms with Crippen LogP contribution >= 0.6 is 0 Å². The normalized spacial score (nSPS) is 17.9. The van der Waals surface area contributed by atoms with Crippen LogP contribution in [0.5, 0.6) is 0 Å². The number of ether oxygens (including phenoxy) is 1. The molecule has 0 aromatic heterocycles. The number of nitrogens with zero attached hydrogens (tertiary/aromatic N) is 1. The molecular weight excluding hydrogens is 286 g/mol. The topological polar surface area (TPSA) is 83.9 Å². The number of carbonyl (C=O) groups excluding carboxylic acids is 2. The van der Waals surface area contributed by atoms with Gasteiger partial charge in [0.15, 0.2) is 0 Å². The minimum absolute atomic E-state index is 0.0739. The third-order valence-electron chi connectivity index (χ3n) is 3.69. The Labute approximate surface area is 128 Å². The molecule has 0 aliphatic carbocycles. The number of hydrogen-bond donors (Lipinski definition) is 1. The van der Waals surface area contributed by atoms with Crippen LogP contribution in [0, 0.1) is 5.92 Å². The molecule has 1 aliphatic rings. The Morgan fingerprint density at radius 1 is 1.32 bits per heavy atom. The van der Waals surface area contributed by atoms with Crippen molar-refractivity contribution in [1.29, 1.82) is 0 Å². The minimum Gasteiger partial charge on any atom is -0.478 e. The molecule has 0 saturated carbocycles. The summed E-state index contributed by atoms with van der Waals surface area (Å²) >= 11 is 0. The Kier molecular flexibility index (Phi) is 5.14. The van der Waals surface area contributed by atoms with Gasteiger partial charge in [-0.2, -0.15) is 0 Å². The van der Waals surface area contributed by atoms with E-state index in [4.69, 9.17) is 9.84 Å². The fourth-order valence-corrected chi connectivity index (χ4v) is 2.58. The van der Waals surface area contributed by atoms with Crippen LogP contribution in [0.2, 0.25) is 0 Å². The maximum absolute atomic E-state index is 12.5. The lowest BCUT2D eigenvalue weighted by molar-refractivity contribution is -0.149. The van der Waals surface area contributed by atoms with Gasteiger partial charge in [-0.1, -0.05) is 6.07 Å². The Bertz CT molecular complexity index is 584. The first-order chi connectivity index (χ1) is 10.5. The van der Waals surface area contributed by atoms with Crippen LogP contribution in [0.25, 0.3) is 0 Å². The second-order valence-corrected chi connectivity index (χ2v) is 5.23. The SMILES string of the molecule is CCOC(=O)C1CCCN(C(=O)c2cccc(C(=O)O)c2)C1. The highest BCUT2D eigenvalue weighted by Gasteiger charge is 2.29. The molecule has 0 radical (unpaired) electrons. The van der Waals surface area contributed by atoms with Crippen LogP contribution in [-0.2, 0) is 9.53 Å². The molecule has 118 valence electrons. The van der Waals surface area contributed by atoms with Crippen LogP contribution in [-0.4, -0.2) is 47.5 Å². The molecule has 1 fully saturated rings. The van der Waals surface area contributed by atoms with Gasteiger partial charge in [0.25, 0.3) is 5.91 Å². The third kappa shape index (κ3) is 3.63. The van der Waals surface area contributed by atoms with Crippen molar-refractivity contribution in [2.45, 2.75) is 19.8 Å². The number of carboxylic acids is 1. The number of rotatable bonds is 4.